The Morgan fingerprint density at radius 3 is 2.67 bits per heavy atom. The zero-order chi connectivity index (χ0) is 20.9. The first-order chi connectivity index (χ1) is 14.7. The van der Waals surface area contributed by atoms with Crippen molar-refractivity contribution in [3.63, 3.8) is 0 Å². The fraction of sp³-hybridized carbons (Fsp3) is 0.545. The molecule has 1 aliphatic heterocycles. The molecule has 162 valence electrons. The van der Waals surface area contributed by atoms with Crippen LogP contribution in [0.3, 0.4) is 0 Å². The van der Waals surface area contributed by atoms with Crippen LogP contribution in [-0.4, -0.2) is 62.5 Å². The minimum atomic E-state index is -0.303. The van der Waals surface area contributed by atoms with Gasteiger partial charge >= 0.3 is 0 Å². The second-order valence-corrected chi connectivity index (χ2v) is 7.80. The van der Waals surface area contributed by atoms with Crippen molar-refractivity contribution >= 4 is 11.8 Å². The molecule has 2 aromatic rings. The first kappa shape index (κ1) is 20.8. The third-order valence-electron chi connectivity index (χ3n) is 5.55. The lowest BCUT2D eigenvalue weighted by Crippen LogP contribution is -2.38. The summed E-state index contributed by atoms with van der Waals surface area (Å²) in [6.07, 6.45) is 2.66. The van der Waals surface area contributed by atoms with Gasteiger partial charge in [0.15, 0.2) is 0 Å². The second kappa shape index (κ2) is 9.57. The van der Waals surface area contributed by atoms with Crippen LogP contribution in [0.4, 0.5) is 10.3 Å². The quantitative estimate of drug-likeness (QED) is 0.584. The number of anilines is 1. The largest absolute Gasteiger partial charge is 0.385 e. The lowest BCUT2D eigenvalue weighted by atomic mass is 10.1. The summed E-state index contributed by atoms with van der Waals surface area (Å²) in [6.45, 7) is 4.24. The Morgan fingerprint density at radius 2 is 2.00 bits per heavy atom. The molecule has 7 nitrogen and oxygen atoms in total. The van der Waals surface area contributed by atoms with E-state index in [1.54, 1.807) is 19.2 Å². The highest BCUT2D eigenvalue weighted by atomic mass is 19.1. The van der Waals surface area contributed by atoms with Gasteiger partial charge in [-0.2, -0.15) is 0 Å². The van der Waals surface area contributed by atoms with Crippen LogP contribution >= 0.6 is 0 Å². The number of carbonyl (C=O) groups excluding carboxylic acids is 1. The summed E-state index contributed by atoms with van der Waals surface area (Å²) in [6, 6.07) is 6.21. The third kappa shape index (κ3) is 4.82. The Kier molecular flexibility index (Phi) is 6.64. The van der Waals surface area contributed by atoms with E-state index in [1.165, 1.54) is 12.1 Å². The Bertz CT molecular complexity index is 845. The summed E-state index contributed by atoms with van der Waals surface area (Å²) < 4.78 is 29.9. The molecule has 1 aromatic carbocycles. The molecule has 1 aromatic heterocycles. The van der Waals surface area contributed by atoms with E-state index in [4.69, 9.17) is 14.0 Å². The van der Waals surface area contributed by atoms with E-state index in [0.29, 0.717) is 57.6 Å². The predicted octanol–water partition coefficient (Wildman–Crippen LogP) is 3.09. The van der Waals surface area contributed by atoms with E-state index in [2.05, 4.69) is 10.1 Å². The molecular weight excluding hydrogens is 389 g/mol. The maximum atomic E-state index is 13.5. The van der Waals surface area contributed by atoms with Crippen molar-refractivity contribution in [1.29, 1.82) is 0 Å². The molecule has 0 N–H and O–H groups in total. The Hall–Kier alpha value is -2.45. The number of ether oxygens (including phenoxy) is 2. The summed E-state index contributed by atoms with van der Waals surface area (Å²) >= 11 is 0. The Morgan fingerprint density at radius 1 is 1.27 bits per heavy atom. The Balaban J connectivity index is 1.65. The highest BCUT2D eigenvalue weighted by Gasteiger charge is 2.35. The average molecular weight is 417 g/mol. The summed E-state index contributed by atoms with van der Waals surface area (Å²) in [5, 5.41) is 4.32. The van der Waals surface area contributed by atoms with Gasteiger partial charge in [0.1, 0.15) is 11.5 Å². The van der Waals surface area contributed by atoms with Crippen LogP contribution in [-0.2, 0) is 20.8 Å². The van der Waals surface area contributed by atoms with Crippen molar-refractivity contribution in [2.75, 3.05) is 51.5 Å². The number of halogens is 1. The van der Waals surface area contributed by atoms with E-state index in [1.807, 2.05) is 4.90 Å². The number of carbonyl (C=O) groups is 1. The highest BCUT2D eigenvalue weighted by Crippen LogP contribution is 2.36. The molecule has 0 bridgehead atoms. The first-order valence-electron chi connectivity index (χ1n) is 10.5. The van der Waals surface area contributed by atoms with Crippen molar-refractivity contribution in [2.24, 2.45) is 5.92 Å². The van der Waals surface area contributed by atoms with E-state index in [0.717, 1.165) is 30.4 Å². The maximum Gasteiger partial charge on any atom is 0.233 e. The van der Waals surface area contributed by atoms with Gasteiger partial charge in [0.25, 0.3) is 0 Å². The zero-order valence-electron chi connectivity index (χ0n) is 17.3. The smallest absolute Gasteiger partial charge is 0.233 e. The van der Waals surface area contributed by atoms with Crippen LogP contribution in [0.2, 0.25) is 0 Å². The highest BCUT2D eigenvalue weighted by molar-refractivity contribution is 5.81. The summed E-state index contributed by atoms with van der Waals surface area (Å²) in [7, 11) is 1.66. The van der Waals surface area contributed by atoms with Crippen molar-refractivity contribution in [1.82, 2.24) is 10.1 Å². The van der Waals surface area contributed by atoms with Gasteiger partial charge in [-0.3, -0.25) is 4.79 Å². The summed E-state index contributed by atoms with van der Waals surface area (Å²) in [5.41, 5.74) is 2.28. The number of benzene rings is 1. The minimum Gasteiger partial charge on any atom is -0.385 e. The summed E-state index contributed by atoms with van der Waals surface area (Å²) in [4.78, 5) is 17.0. The Labute approximate surface area is 175 Å². The second-order valence-electron chi connectivity index (χ2n) is 7.80. The van der Waals surface area contributed by atoms with E-state index in [-0.39, 0.29) is 17.6 Å². The van der Waals surface area contributed by atoms with Gasteiger partial charge in [0, 0.05) is 44.8 Å². The number of hydrogen-bond donors (Lipinski definition) is 0. The lowest BCUT2D eigenvalue weighted by molar-refractivity contribution is -0.133. The topological polar surface area (TPSA) is 68.0 Å². The number of aromatic nitrogens is 1. The molecule has 2 fully saturated rings. The molecule has 1 saturated heterocycles. The van der Waals surface area contributed by atoms with E-state index in [9.17, 15) is 9.18 Å². The molecular formula is C22H28FN3O4. The van der Waals surface area contributed by atoms with Gasteiger partial charge in [-0.25, -0.2) is 4.39 Å². The average Bonchev–Trinajstić information content (AvgIpc) is 3.54. The van der Waals surface area contributed by atoms with Crippen molar-refractivity contribution in [3.05, 3.63) is 35.6 Å². The number of hydrogen-bond acceptors (Lipinski definition) is 6. The monoisotopic (exact) mass is 417 g/mol. The van der Waals surface area contributed by atoms with Crippen molar-refractivity contribution in [2.45, 2.75) is 25.8 Å². The van der Waals surface area contributed by atoms with Gasteiger partial charge in [0.05, 0.1) is 25.3 Å². The molecule has 8 heteroatoms. The SMILES string of the molecule is COCCCN(Cc1c(-c2ccc(F)cc2)noc1N1CCOCC1)C(=O)C1CC1. The first-order valence-corrected chi connectivity index (χ1v) is 10.5. The van der Waals surface area contributed by atoms with Crippen LogP contribution in [0.25, 0.3) is 11.3 Å². The minimum absolute atomic E-state index is 0.119. The fourth-order valence-corrected chi connectivity index (χ4v) is 3.74. The van der Waals surface area contributed by atoms with Crippen LogP contribution < -0.4 is 4.90 Å². The van der Waals surface area contributed by atoms with Crippen LogP contribution in [0, 0.1) is 11.7 Å². The number of morpholine rings is 1. The molecule has 0 radical (unpaired) electrons. The number of nitrogens with zero attached hydrogens (tertiary/aromatic N) is 3. The molecule has 2 heterocycles. The van der Waals surface area contributed by atoms with Crippen LogP contribution in [0.5, 0.6) is 0 Å². The maximum absolute atomic E-state index is 13.5. The molecule has 30 heavy (non-hydrogen) atoms. The van der Waals surface area contributed by atoms with Gasteiger partial charge in [-0.1, -0.05) is 5.16 Å². The predicted molar refractivity (Wildman–Crippen MR) is 110 cm³/mol. The molecule has 1 saturated carbocycles. The van der Waals surface area contributed by atoms with Gasteiger partial charge < -0.3 is 23.8 Å². The molecule has 0 spiro atoms. The van der Waals surface area contributed by atoms with Gasteiger partial charge in [-0.05, 0) is 43.5 Å². The van der Waals surface area contributed by atoms with Crippen LogP contribution in [0.1, 0.15) is 24.8 Å². The normalized spacial score (nSPS) is 16.7. The molecule has 2 aliphatic rings. The molecule has 0 unspecified atom stereocenters. The number of methoxy groups -OCH3 is 1. The van der Waals surface area contributed by atoms with E-state index < -0.39 is 0 Å². The van der Waals surface area contributed by atoms with Crippen molar-refractivity contribution < 1.29 is 23.2 Å². The molecule has 1 amide bonds. The van der Waals surface area contributed by atoms with Gasteiger partial charge in [0.2, 0.25) is 11.8 Å². The van der Waals surface area contributed by atoms with Crippen molar-refractivity contribution in [3.8, 4) is 11.3 Å². The van der Waals surface area contributed by atoms with Gasteiger partial charge in [-0.15, -0.1) is 0 Å². The number of amides is 1. The van der Waals surface area contributed by atoms with Crippen LogP contribution in [0.15, 0.2) is 28.8 Å². The molecule has 4 rings (SSSR count). The molecule has 1 aliphatic carbocycles. The number of rotatable bonds is 9. The molecule has 0 atom stereocenters. The lowest BCUT2D eigenvalue weighted by Gasteiger charge is -2.28. The summed E-state index contributed by atoms with van der Waals surface area (Å²) in [5.74, 6) is 0.652. The standard InChI is InChI=1S/C22H28FN3O4/c1-28-12-2-9-26(21(27)17-3-4-17)15-19-20(16-5-7-18(23)8-6-16)24-30-22(19)25-10-13-29-14-11-25/h5-8,17H,2-4,9-15H2,1H3. The fourth-order valence-electron chi connectivity index (χ4n) is 3.74. The van der Waals surface area contributed by atoms with E-state index >= 15 is 0 Å². The third-order valence-corrected chi connectivity index (χ3v) is 5.55. The zero-order valence-corrected chi connectivity index (χ0v) is 17.3.